The van der Waals surface area contributed by atoms with Gasteiger partial charge in [0.15, 0.2) is 16.7 Å². The van der Waals surface area contributed by atoms with Crippen LogP contribution in [0.5, 0.6) is 11.5 Å². The molecule has 3 aromatic carbocycles. The fourth-order valence-corrected chi connectivity index (χ4v) is 4.14. The molecule has 0 aromatic heterocycles. The average Bonchev–Trinajstić information content (AvgIpc) is 3.11. The number of benzene rings is 3. The Hall–Kier alpha value is -3.51. The van der Waals surface area contributed by atoms with E-state index in [1.165, 1.54) is 17.3 Å². The zero-order valence-electron chi connectivity index (χ0n) is 18.2. The molecule has 0 spiro atoms. The van der Waals surface area contributed by atoms with Gasteiger partial charge in [0.2, 0.25) is 0 Å². The third-order valence-corrected chi connectivity index (χ3v) is 5.76. The molecular formula is C26H24N2O3S. The molecule has 1 fully saturated rings. The second kappa shape index (κ2) is 9.75. The van der Waals surface area contributed by atoms with Gasteiger partial charge in [-0.2, -0.15) is 0 Å². The van der Waals surface area contributed by atoms with Crippen LogP contribution in [0.4, 0.5) is 5.69 Å². The number of amides is 1. The van der Waals surface area contributed by atoms with Gasteiger partial charge in [-0.1, -0.05) is 48.0 Å². The number of ether oxygens (including phenoxy) is 2. The van der Waals surface area contributed by atoms with Crippen LogP contribution < -0.4 is 14.8 Å². The van der Waals surface area contributed by atoms with E-state index in [0.29, 0.717) is 28.2 Å². The number of thioether (sulfide) groups is 1. The summed E-state index contributed by atoms with van der Waals surface area (Å²) in [6, 6.07) is 21.7. The summed E-state index contributed by atoms with van der Waals surface area (Å²) in [5, 5.41) is 3.39. The summed E-state index contributed by atoms with van der Waals surface area (Å²) >= 11 is 1.32. The molecular weight excluding hydrogens is 420 g/mol. The molecule has 0 radical (unpaired) electrons. The van der Waals surface area contributed by atoms with Crippen molar-refractivity contribution in [3.63, 3.8) is 0 Å². The minimum Gasteiger partial charge on any atom is -0.493 e. The first-order valence-corrected chi connectivity index (χ1v) is 11.0. The third kappa shape index (κ3) is 5.39. The van der Waals surface area contributed by atoms with Crippen LogP contribution in [0.3, 0.4) is 0 Å². The van der Waals surface area contributed by atoms with Gasteiger partial charge in [0.25, 0.3) is 5.91 Å². The molecule has 6 heteroatoms. The highest BCUT2D eigenvalue weighted by molar-refractivity contribution is 8.18. The minimum atomic E-state index is -0.167. The Morgan fingerprint density at radius 2 is 1.75 bits per heavy atom. The van der Waals surface area contributed by atoms with E-state index in [0.717, 1.165) is 22.4 Å². The lowest BCUT2D eigenvalue weighted by Crippen LogP contribution is -2.19. The molecule has 4 rings (SSSR count). The number of nitrogens with zero attached hydrogens (tertiary/aromatic N) is 1. The lowest BCUT2D eigenvalue weighted by molar-refractivity contribution is -0.115. The van der Waals surface area contributed by atoms with E-state index >= 15 is 0 Å². The van der Waals surface area contributed by atoms with Crippen molar-refractivity contribution in [1.29, 1.82) is 0 Å². The first-order valence-electron chi connectivity index (χ1n) is 10.2. The largest absolute Gasteiger partial charge is 0.493 e. The van der Waals surface area contributed by atoms with Crippen molar-refractivity contribution in [2.45, 2.75) is 20.5 Å². The number of hydrogen-bond donors (Lipinski definition) is 1. The standard InChI is InChI=1S/C26H24N2O3S/c1-17-6-4-8-20(12-17)16-31-22-11-10-19(14-23(22)30-3)15-24-25(29)28-26(32-24)27-21-9-5-7-18(2)13-21/h4-15H,16H2,1-3H3,(H,27,28,29). The normalized spacial score (nSPS) is 15.8. The van der Waals surface area contributed by atoms with E-state index < -0.39 is 0 Å². The smallest absolute Gasteiger partial charge is 0.264 e. The van der Waals surface area contributed by atoms with Crippen LogP contribution >= 0.6 is 11.8 Å². The Morgan fingerprint density at radius 3 is 2.50 bits per heavy atom. The first-order chi connectivity index (χ1) is 15.5. The number of aliphatic imine (C=N–C) groups is 1. The van der Waals surface area contributed by atoms with E-state index in [1.54, 1.807) is 7.11 Å². The molecule has 1 N–H and O–H groups in total. The number of methoxy groups -OCH3 is 1. The average molecular weight is 445 g/mol. The zero-order chi connectivity index (χ0) is 22.5. The van der Waals surface area contributed by atoms with Gasteiger partial charge in [-0.05, 0) is 72.6 Å². The van der Waals surface area contributed by atoms with Crippen LogP contribution in [-0.2, 0) is 11.4 Å². The SMILES string of the molecule is COc1cc(C=C2SC(=Nc3cccc(C)c3)NC2=O)ccc1OCc1cccc(C)c1. The van der Waals surface area contributed by atoms with Crippen LogP contribution in [0.25, 0.3) is 6.08 Å². The van der Waals surface area contributed by atoms with Gasteiger partial charge < -0.3 is 14.8 Å². The topological polar surface area (TPSA) is 59.9 Å². The molecule has 1 aliphatic rings. The second-order valence-electron chi connectivity index (χ2n) is 7.51. The third-order valence-electron chi connectivity index (χ3n) is 4.85. The maximum atomic E-state index is 12.4. The molecule has 0 unspecified atom stereocenters. The summed E-state index contributed by atoms with van der Waals surface area (Å²) in [6.07, 6.45) is 1.83. The predicted octanol–water partition coefficient (Wildman–Crippen LogP) is 5.78. The summed E-state index contributed by atoms with van der Waals surface area (Å²) < 4.78 is 11.5. The lowest BCUT2D eigenvalue weighted by atomic mass is 10.1. The fraction of sp³-hybridized carbons (Fsp3) is 0.154. The van der Waals surface area contributed by atoms with Crippen LogP contribution in [0.2, 0.25) is 0 Å². The minimum absolute atomic E-state index is 0.167. The molecule has 1 saturated heterocycles. The van der Waals surface area contributed by atoms with Crippen molar-refractivity contribution in [3.05, 3.63) is 93.9 Å². The second-order valence-corrected chi connectivity index (χ2v) is 8.54. The van der Waals surface area contributed by atoms with Gasteiger partial charge in [-0.15, -0.1) is 0 Å². The number of carbonyl (C=O) groups is 1. The molecule has 5 nitrogen and oxygen atoms in total. The van der Waals surface area contributed by atoms with Gasteiger partial charge in [0.05, 0.1) is 17.7 Å². The summed E-state index contributed by atoms with van der Waals surface area (Å²) in [4.78, 5) is 17.5. The highest BCUT2D eigenvalue weighted by Gasteiger charge is 2.24. The number of rotatable bonds is 6. The van der Waals surface area contributed by atoms with E-state index in [2.05, 4.69) is 29.4 Å². The fourth-order valence-electron chi connectivity index (χ4n) is 3.30. The molecule has 1 amide bonds. The Labute approximate surface area is 192 Å². The van der Waals surface area contributed by atoms with Crippen molar-refractivity contribution in [2.75, 3.05) is 7.11 Å². The molecule has 0 atom stereocenters. The van der Waals surface area contributed by atoms with E-state index in [4.69, 9.17) is 9.47 Å². The Kier molecular flexibility index (Phi) is 6.61. The van der Waals surface area contributed by atoms with Gasteiger partial charge in [0.1, 0.15) is 6.61 Å². The first kappa shape index (κ1) is 21.7. The van der Waals surface area contributed by atoms with E-state index in [9.17, 15) is 4.79 Å². The highest BCUT2D eigenvalue weighted by atomic mass is 32.2. The Balaban J connectivity index is 1.49. The van der Waals surface area contributed by atoms with Gasteiger partial charge in [0, 0.05) is 0 Å². The van der Waals surface area contributed by atoms with Crippen LogP contribution in [0, 0.1) is 13.8 Å². The summed E-state index contributed by atoms with van der Waals surface area (Å²) in [5.74, 6) is 1.10. The number of hydrogen-bond acceptors (Lipinski definition) is 5. The van der Waals surface area contributed by atoms with Crippen molar-refractivity contribution in [1.82, 2.24) is 5.32 Å². The summed E-state index contributed by atoms with van der Waals surface area (Å²) in [7, 11) is 1.61. The van der Waals surface area contributed by atoms with Crippen molar-refractivity contribution in [2.24, 2.45) is 4.99 Å². The van der Waals surface area contributed by atoms with Gasteiger partial charge in [-0.3, -0.25) is 4.79 Å². The maximum absolute atomic E-state index is 12.4. The molecule has 162 valence electrons. The van der Waals surface area contributed by atoms with Crippen LogP contribution in [0.15, 0.2) is 76.6 Å². The maximum Gasteiger partial charge on any atom is 0.264 e. The van der Waals surface area contributed by atoms with Crippen molar-refractivity contribution >= 4 is 34.6 Å². The number of nitrogens with one attached hydrogen (secondary N) is 1. The van der Waals surface area contributed by atoms with E-state index in [-0.39, 0.29) is 5.91 Å². The number of amidine groups is 1. The Morgan fingerprint density at radius 1 is 0.969 bits per heavy atom. The van der Waals surface area contributed by atoms with Gasteiger partial charge in [-0.25, -0.2) is 4.99 Å². The molecule has 1 aliphatic heterocycles. The molecule has 0 bridgehead atoms. The quantitative estimate of drug-likeness (QED) is 0.490. The molecule has 0 saturated carbocycles. The monoisotopic (exact) mass is 444 g/mol. The van der Waals surface area contributed by atoms with Crippen LogP contribution in [0.1, 0.15) is 22.3 Å². The molecule has 0 aliphatic carbocycles. The highest BCUT2D eigenvalue weighted by Crippen LogP contribution is 2.32. The van der Waals surface area contributed by atoms with Crippen molar-refractivity contribution in [3.8, 4) is 11.5 Å². The zero-order valence-corrected chi connectivity index (χ0v) is 19.0. The lowest BCUT2D eigenvalue weighted by Gasteiger charge is -2.12. The Bertz CT molecular complexity index is 1220. The summed E-state index contributed by atoms with van der Waals surface area (Å²) in [6.45, 7) is 4.52. The molecule has 3 aromatic rings. The van der Waals surface area contributed by atoms with E-state index in [1.807, 2.05) is 67.6 Å². The van der Waals surface area contributed by atoms with Gasteiger partial charge >= 0.3 is 0 Å². The summed E-state index contributed by atoms with van der Waals surface area (Å²) in [5.41, 5.74) is 5.06. The van der Waals surface area contributed by atoms with Crippen LogP contribution in [-0.4, -0.2) is 18.2 Å². The number of aryl methyl sites for hydroxylation is 2. The molecule has 32 heavy (non-hydrogen) atoms. The number of carbonyl (C=O) groups excluding carboxylic acids is 1. The molecule has 1 heterocycles. The predicted molar refractivity (Wildman–Crippen MR) is 130 cm³/mol. The van der Waals surface area contributed by atoms with Crippen molar-refractivity contribution < 1.29 is 14.3 Å².